The zero-order valence-corrected chi connectivity index (χ0v) is 15.8. The van der Waals surface area contributed by atoms with Gasteiger partial charge in [0.2, 0.25) is 5.91 Å². The maximum Gasteiger partial charge on any atom is 0.230 e. The van der Waals surface area contributed by atoms with Crippen LogP contribution in [0.15, 0.2) is 23.6 Å². The Morgan fingerprint density at radius 2 is 2.04 bits per heavy atom. The van der Waals surface area contributed by atoms with Gasteiger partial charge in [0.15, 0.2) is 11.5 Å². The van der Waals surface area contributed by atoms with Crippen molar-refractivity contribution >= 4 is 22.9 Å². The van der Waals surface area contributed by atoms with Crippen LogP contribution in [0.25, 0.3) is 0 Å². The van der Waals surface area contributed by atoms with Gasteiger partial charge in [0, 0.05) is 30.2 Å². The van der Waals surface area contributed by atoms with Gasteiger partial charge < -0.3 is 19.5 Å². The summed E-state index contributed by atoms with van der Waals surface area (Å²) in [6, 6.07) is 5.28. The van der Waals surface area contributed by atoms with Crippen molar-refractivity contribution in [3.8, 4) is 11.5 Å². The molecule has 0 spiro atoms. The molecule has 3 rings (SSSR count). The first-order valence-corrected chi connectivity index (χ1v) is 9.31. The number of ether oxygens (including phenoxy) is 3. The molecule has 0 bridgehead atoms. The first kappa shape index (κ1) is 18.6. The van der Waals surface area contributed by atoms with Gasteiger partial charge in [0.05, 0.1) is 46.1 Å². The molecule has 2 aromatic rings. The fraction of sp³-hybridized carbons (Fsp3) is 0.444. The Labute approximate surface area is 156 Å². The number of aromatic nitrogens is 1. The van der Waals surface area contributed by atoms with Crippen molar-refractivity contribution < 1.29 is 19.0 Å². The third-order valence-electron chi connectivity index (χ3n) is 4.07. The summed E-state index contributed by atoms with van der Waals surface area (Å²) in [6.07, 6.45) is 0.244. The van der Waals surface area contributed by atoms with Crippen LogP contribution in [0.5, 0.6) is 11.5 Å². The van der Waals surface area contributed by atoms with E-state index in [1.54, 1.807) is 43.8 Å². The molecule has 8 heteroatoms. The van der Waals surface area contributed by atoms with Crippen molar-refractivity contribution in [3.63, 3.8) is 0 Å². The van der Waals surface area contributed by atoms with Gasteiger partial charge >= 0.3 is 0 Å². The smallest absolute Gasteiger partial charge is 0.230 e. The van der Waals surface area contributed by atoms with E-state index in [9.17, 15) is 4.79 Å². The fourth-order valence-corrected chi connectivity index (χ4v) is 3.57. The van der Waals surface area contributed by atoms with E-state index in [4.69, 9.17) is 14.2 Å². The number of carbonyl (C=O) groups is 1. The number of morpholine rings is 1. The van der Waals surface area contributed by atoms with Crippen molar-refractivity contribution in [2.24, 2.45) is 0 Å². The number of carbonyl (C=O) groups excluding carboxylic acids is 1. The molecule has 1 amide bonds. The van der Waals surface area contributed by atoms with Crippen LogP contribution in [-0.2, 0) is 22.5 Å². The Bertz CT molecular complexity index is 744. The number of rotatable bonds is 7. The first-order valence-electron chi connectivity index (χ1n) is 8.43. The number of hydrogen-bond acceptors (Lipinski definition) is 7. The number of nitrogens with one attached hydrogen (secondary N) is 1. The molecular formula is C18H23N3O4S. The highest BCUT2D eigenvalue weighted by atomic mass is 32.1. The minimum Gasteiger partial charge on any atom is -0.493 e. The average Bonchev–Trinajstić information content (AvgIpc) is 3.09. The van der Waals surface area contributed by atoms with Crippen molar-refractivity contribution in [2.45, 2.75) is 13.0 Å². The monoisotopic (exact) mass is 377 g/mol. The van der Waals surface area contributed by atoms with Crippen LogP contribution >= 0.6 is 11.3 Å². The molecule has 1 fully saturated rings. The molecular weight excluding hydrogens is 354 g/mol. The predicted molar refractivity (Wildman–Crippen MR) is 100 cm³/mol. The van der Waals surface area contributed by atoms with Crippen LogP contribution in [0.4, 0.5) is 5.69 Å². The third kappa shape index (κ3) is 4.94. The average molecular weight is 377 g/mol. The quantitative estimate of drug-likeness (QED) is 0.797. The normalized spacial score (nSPS) is 14.8. The predicted octanol–water partition coefficient (Wildman–Crippen LogP) is 2.17. The molecule has 1 aliphatic rings. The number of amides is 1. The summed E-state index contributed by atoms with van der Waals surface area (Å²) in [4.78, 5) is 19.2. The van der Waals surface area contributed by atoms with Crippen LogP contribution in [0.1, 0.15) is 10.7 Å². The Balaban J connectivity index is 1.55. The van der Waals surface area contributed by atoms with Gasteiger partial charge in [0.1, 0.15) is 5.01 Å². The number of thiazole rings is 1. The largest absolute Gasteiger partial charge is 0.493 e. The van der Waals surface area contributed by atoms with Gasteiger partial charge in [0.25, 0.3) is 0 Å². The Kier molecular flexibility index (Phi) is 6.43. The van der Waals surface area contributed by atoms with Crippen LogP contribution in [0, 0.1) is 0 Å². The van der Waals surface area contributed by atoms with Crippen molar-refractivity contribution in [1.82, 2.24) is 9.88 Å². The Morgan fingerprint density at radius 1 is 1.27 bits per heavy atom. The van der Waals surface area contributed by atoms with Gasteiger partial charge in [-0.15, -0.1) is 11.3 Å². The van der Waals surface area contributed by atoms with Crippen molar-refractivity contribution in [3.05, 3.63) is 34.3 Å². The molecule has 140 valence electrons. The number of nitrogens with zero attached hydrogens (tertiary/aromatic N) is 2. The molecule has 0 aliphatic carbocycles. The van der Waals surface area contributed by atoms with Gasteiger partial charge in [-0.25, -0.2) is 4.98 Å². The lowest BCUT2D eigenvalue weighted by atomic mass is 10.2. The molecule has 1 aromatic carbocycles. The maximum absolute atomic E-state index is 12.3. The maximum atomic E-state index is 12.3. The number of methoxy groups -OCH3 is 2. The summed E-state index contributed by atoms with van der Waals surface area (Å²) in [7, 11) is 3.14. The lowest BCUT2D eigenvalue weighted by molar-refractivity contribution is -0.115. The Morgan fingerprint density at radius 3 is 2.77 bits per heavy atom. The highest BCUT2D eigenvalue weighted by Gasteiger charge is 2.14. The van der Waals surface area contributed by atoms with Crippen molar-refractivity contribution in [1.29, 1.82) is 0 Å². The number of anilines is 1. The summed E-state index contributed by atoms with van der Waals surface area (Å²) in [5.41, 5.74) is 1.45. The molecule has 1 N–H and O–H groups in total. The third-order valence-corrected chi connectivity index (χ3v) is 4.95. The summed E-state index contributed by atoms with van der Waals surface area (Å²) in [6.45, 7) is 4.20. The molecule has 0 atom stereocenters. The van der Waals surface area contributed by atoms with Gasteiger partial charge in [-0.3, -0.25) is 9.69 Å². The molecule has 26 heavy (non-hydrogen) atoms. The SMILES string of the molecule is COc1ccc(NC(=O)Cc2csc(CN3CCOCC3)n2)cc1OC. The zero-order valence-electron chi connectivity index (χ0n) is 15.0. The van der Waals surface area contributed by atoms with Gasteiger partial charge in [-0.2, -0.15) is 0 Å². The summed E-state index contributed by atoms with van der Waals surface area (Å²) < 4.78 is 15.8. The van der Waals surface area contributed by atoms with E-state index in [0.29, 0.717) is 17.2 Å². The molecule has 1 aromatic heterocycles. The molecule has 0 unspecified atom stereocenters. The van der Waals surface area contributed by atoms with E-state index in [1.165, 1.54) is 0 Å². The van der Waals surface area contributed by atoms with E-state index >= 15 is 0 Å². The van der Waals surface area contributed by atoms with E-state index in [1.807, 2.05) is 5.38 Å². The minimum absolute atomic E-state index is 0.111. The van der Waals surface area contributed by atoms with E-state index < -0.39 is 0 Å². The van der Waals surface area contributed by atoms with E-state index in [2.05, 4.69) is 15.2 Å². The second kappa shape index (κ2) is 8.98. The second-order valence-corrected chi connectivity index (χ2v) is 6.86. The molecule has 1 aliphatic heterocycles. The van der Waals surface area contributed by atoms with Crippen LogP contribution in [0.2, 0.25) is 0 Å². The zero-order chi connectivity index (χ0) is 18.4. The highest BCUT2D eigenvalue weighted by molar-refractivity contribution is 7.09. The van der Waals surface area contributed by atoms with Crippen LogP contribution in [-0.4, -0.2) is 56.3 Å². The number of hydrogen-bond donors (Lipinski definition) is 1. The topological polar surface area (TPSA) is 72.9 Å². The van der Waals surface area contributed by atoms with Gasteiger partial charge in [-0.1, -0.05) is 0 Å². The minimum atomic E-state index is -0.111. The molecule has 2 heterocycles. The van der Waals surface area contributed by atoms with Crippen LogP contribution in [0.3, 0.4) is 0 Å². The molecule has 0 radical (unpaired) electrons. The first-order chi connectivity index (χ1) is 12.7. The van der Waals surface area contributed by atoms with Gasteiger partial charge in [-0.05, 0) is 12.1 Å². The highest BCUT2D eigenvalue weighted by Crippen LogP contribution is 2.29. The Hall–Kier alpha value is -2.16. The van der Waals surface area contributed by atoms with E-state index in [0.717, 1.165) is 43.5 Å². The van der Waals surface area contributed by atoms with Crippen molar-refractivity contribution in [2.75, 3.05) is 45.8 Å². The summed E-state index contributed by atoms with van der Waals surface area (Å²) in [5.74, 6) is 1.09. The summed E-state index contributed by atoms with van der Waals surface area (Å²) in [5, 5.41) is 5.85. The van der Waals surface area contributed by atoms with E-state index in [-0.39, 0.29) is 12.3 Å². The standard InChI is InChI=1S/C18H23N3O4S/c1-23-15-4-3-13(9-16(15)24-2)19-17(22)10-14-12-26-18(20-14)11-21-5-7-25-8-6-21/h3-4,9,12H,5-8,10-11H2,1-2H3,(H,19,22). The number of benzene rings is 1. The molecule has 7 nitrogen and oxygen atoms in total. The summed E-state index contributed by atoms with van der Waals surface area (Å²) >= 11 is 1.59. The lowest BCUT2D eigenvalue weighted by Gasteiger charge is -2.25. The lowest BCUT2D eigenvalue weighted by Crippen LogP contribution is -2.35. The van der Waals surface area contributed by atoms with Crippen LogP contribution < -0.4 is 14.8 Å². The molecule has 1 saturated heterocycles. The fourth-order valence-electron chi connectivity index (χ4n) is 2.74. The molecule has 0 saturated carbocycles. The second-order valence-electron chi connectivity index (χ2n) is 5.92.